The van der Waals surface area contributed by atoms with Crippen LogP contribution in [0.4, 0.5) is 5.69 Å². The van der Waals surface area contributed by atoms with E-state index in [1.165, 1.54) is 0 Å². The van der Waals surface area contributed by atoms with Gasteiger partial charge in [-0.1, -0.05) is 12.1 Å². The van der Waals surface area contributed by atoms with E-state index in [9.17, 15) is 4.79 Å². The molecular formula is C26H29N5O. The van der Waals surface area contributed by atoms with E-state index in [1.54, 1.807) is 6.92 Å². The summed E-state index contributed by atoms with van der Waals surface area (Å²) in [6, 6.07) is 13.7. The number of amides is 1. The van der Waals surface area contributed by atoms with E-state index in [2.05, 4.69) is 11.0 Å². The fourth-order valence-corrected chi connectivity index (χ4v) is 4.20. The molecule has 4 rings (SSSR count). The lowest BCUT2D eigenvalue weighted by molar-refractivity contribution is 0.0601. The highest BCUT2D eigenvalue weighted by Crippen LogP contribution is 2.33. The standard InChI is InChI=1S/C26H29N5O/c1-16-11-24(30-9-4-10-30)23(25(29)17(2)18(3)28)12-22(16)26(32)31-14-21(15-31)20-7-5-19(13-27)6-8-20/h5-8,11-12,21,29H,4,9-10,14-15,28H2,1-3H3/b18-17-,29-25?. The summed E-state index contributed by atoms with van der Waals surface area (Å²) in [4.78, 5) is 17.4. The summed E-state index contributed by atoms with van der Waals surface area (Å²) >= 11 is 0. The number of nitrogens with zero attached hydrogens (tertiary/aromatic N) is 3. The molecule has 0 spiro atoms. The highest BCUT2D eigenvalue weighted by atomic mass is 16.2. The first-order valence-corrected chi connectivity index (χ1v) is 11.0. The minimum atomic E-state index is 0.00251. The summed E-state index contributed by atoms with van der Waals surface area (Å²) in [7, 11) is 0. The summed E-state index contributed by atoms with van der Waals surface area (Å²) in [5.74, 6) is 0.290. The lowest BCUT2D eigenvalue weighted by Gasteiger charge is -2.40. The highest BCUT2D eigenvalue weighted by Gasteiger charge is 2.33. The van der Waals surface area contributed by atoms with E-state index in [4.69, 9.17) is 16.4 Å². The molecule has 3 N–H and O–H groups in total. The number of allylic oxidation sites excluding steroid dienone is 2. The van der Waals surface area contributed by atoms with E-state index in [0.29, 0.717) is 35.6 Å². The van der Waals surface area contributed by atoms with Gasteiger partial charge in [0.2, 0.25) is 0 Å². The minimum absolute atomic E-state index is 0.00251. The number of hydrogen-bond donors (Lipinski definition) is 2. The topological polar surface area (TPSA) is 97.2 Å². The van der Waals surface area contributed by atoms with Crippen LogP contribution in [0.15, 0.2) is 47.7 Å². The van der Waals surface area contributed by atoms with Gasteiger partial charge in [-0.25, -0.2) is 0 Å². The number of aryl methyl sites for hydroxylation is 1. The molecule has 0 saturated carbocycles. The van der Waals surface area contributed by atoms with Gasteiger partial charge in [0.1, 0.15) is 0 Å². The molecular weight excluding hydrogens is 398 g/mol. The molecule has 2 aromatic carbocycles. The number of hydrogen-bond acceptors (Lipinski definition) is 5. The summed E-state index contributed by atoms with van der Waals surface area (Å²) in [5.41, 5.74) is 12.9. The third-order valence-electron chi connectivity index (χ3n) is 6.69. The molecule has 2 aliphatic rings. The van der Waals surface area contributed by atoms with E-state index in [1.807, 2.05) is 55.1 Å². The molecule has 0 bridgehead atoms. The van der Waals surface area contributed by atoms with Crippen molar-refractivity contribution in [3.8, 4) is 6.07 Å². The van der Waals surface area contributed by atoms with Gasteiger partial charge >= 0.3 is 0 Å². The van der Waals surface area contributed by atoms with E-state index in [0.717, 1.165) is 47.5 Å². The second-order valence-corrected chi connectivity index (χ2v) is 8.85. The molecule has 6 nitrogen and oxygen atoms in total. The van der Waals surface area contributed by atoms with Gasteiger partial charge in [0.05, 0.1) is 17.3 Å². The Labute approximate surface area is 189 Å². The first-order valence-electron chi connectivity index (χ1n) is 11.0. The number of carbonyl (C=O) groups excluding carboxylic acids is 1. The number of nitriles is 1. The predicted octanol–water partition coefficient (Wildman–Crippen LogP) is 3.94. The SMILES string of the molecule is C/C(N)=C(\C)C(=N)c1cc(C(=O)N2CC(c3ccc(C#N)cc3)C2)c(C)cc1N1CCC1. The van der Waals surface area contributed by atoms with Crippen LogP contribution >= 0.6 is 0 Å². The summed E-state index contributed by atoms with van der Waals surface area (Å²) in [6.45, 7) is 8.88. The maximum atomic E-state index is 13.3. The molecule has 6 heteroatoms. The molecule has 2 aliphatic heterocycles. The Kier molecular flexibility index (Phi) is 5.75. The normalized spacial score (nSPS) is 16.6. The van der Waals surface area contributed by atoms with Crippen molar-refractivity contribution in [2.75, 3.05) is 31.1 Å². The van der Waals surface area contributed by atoms with Crippen LogP contribution in [0.1, 0.15) is 58.8 Å². The number of anilines is 1. The van der Waals surface area contributed by atoms with E-state index >= 15 is 0 Å². The summed E-state index contributed by atoms with van der Waals surface area (Å²) in [6.07, 6.45) is 1.14. The van der Waals surface area contributed by atoms with Crippen molar-refractivity contribution in [2.24, 2.45) is 5.73 Å². The lowest BCUT2D eigenvalue weighted by atomic mass is 9.89. The smallest absolute Gasteiger partial charge is 0.254 e. The van der Waals surface area contributed by atoms with Crippen molar-refractivity contribution in [1.29, 1.82) is 10.7 Å². The Hall–Kier alpha value is -3.59. The van der Waals surface area contributed by atoms with Crippen LogP contribution in [-0.4, -0.2) is 42.7 Å². The molecule has 2 heterocycles. The molecule has 32 heavy (non-hydrogen) atoms. The number of benzene rings is 2. The van der Waals surface area contributed by atoms with Crippen molar-refractivity contribution in [2.45, 2.75) is 33.1 Å². The van der Waals surface area contributed by atoms with Gasteiger partial charge in [-0.05, 0) is 68.2 Å². The zero-order chi connectivity index (χ0) is 23.0. The first kappa shape index (κ1) is 21.6. The van der Waals surface area contributed by atoms with Gasteiger partial charge in [0, 0.05) is 54.6 Å². The van der Waals surface area contributed by atoms with Gasteiger partial charge in [-0.15, -0.1) is 0 Å². The van der Waals surface area contributed by atoms with Crippen molar-refractivity contribution in [3.05, 3.63) is 75.5 Å². The van der Waals surface area contributed by atoms with Crippen LogP contribution < -0.4 is 10.6 Å². The Balaban J connectivity index is 1.58. The molecule has 0 aliphatic carbocycles. The second kappa shape index (κ2) is 8.51. The molecule has 164 valence electrons. The third kappa shape index (κ3) is 3.87. The van der Waals surface area contributed by atoms with Gasteiger partial charge in [0.15, 0.2) is 0 Å². The zero-order valence-corrected chi connectivity index (χ0v) is 18.9. The van der Waals surface area contributed by atoms with E-state index < -0.39 is 0 Å². The zero-order valence-electron chi connectivity index (χ0n) is 18.9. The Bertz CT molecular complexity index is 1140. The van der Waals surface area contributed by atoms with Crippen molar-refractivity contribution >= 4 is 17.3 Å². The van der Waals surface area contributed by atoms with Crippen molar-refractivity contribution in [3.63, 3.8) is 0 Å². The summed E-state index contributed by atoms with van der Waals surface area (Å²) < 4.78 is 0. The Morgan fingerprint density at radius 3 is 2.31 bits per heavy atom. The average molecular weight is 428 g/mol. The molecule has 2 aromatic rings. The van der Waals surface area contributed by atoms with Crippen molar-refractivity contribution in [1.82, 2.24) is 4.90 Å². The molecule has 0 atom stereocenters. The largest absolute Gasteiger partial charge is 0.402 e. The maximum absolute atomic E-state index is 13.3. The molecule has 2 saturated heterocycles. The van der Waals surface area contributed by atoms with Gasteiger partial charge < -0.3 is 15.5 Å². The fourth-order valence-electron chi connectivity index (χ4n) is 4.20. The van der Waals surface area contributed by atoms with Crippen LogP contribution in [0.2, 0.25) is 0 Å². The molecule has 0 aromatic heterocycles. The van der Waals surface area contributed by atoms with Gasteiger partial charge in [-0.3, -0.25) is 10.2 Å². The predicted molar refractivity (Wildman–Crippen MR) is 127 cm³/mol. The third-order valence-corrected chi connectivity index (χ3v) is 6.69. The average Bonchev–Trinajstić information content (AvgIpc) is 2.71. The second-order valence-electron chi connectivity index (χ2n) is 8.85. The Morgan fingerprint density at radius 1 is 1.12 bits per heavy atom. The Morgan fingerprint density at radius 2 is 1.78 bits per heavy atom. The number of nitrogens with one attached hydrogen (secondary N) is 1. The van der Waals surface area contributed by atoms with Crippen molar-refractivity contribution < 1.29 is 4.79 Å². The van der Waals surface area contributed by atoms with Crippen LogP contribution in [0.25, 0.3) is 0 Å². The lowest BCUT2D eigenvalue weighted by Crippen LogP contribution is -2.48. The quantitative estimate of drug-likeness (QED) is 0.707. The molecule has 0 unspecified atom stereocenters. The number of likely N-dealkylation sites (tertiary alicyclic amines) is 1. The molecule has 0 radical (unpaired) electrons. The van der Waals surface area contributed by atoms with Crippen LogP contribution in [-0.2, 0) is 0 Å². The number of carbonyl (C=O) groups is 1. The maximum Gasteiger partial charge on any atom is 0.254 e. The number of nitrogens with two attached hydrogens (primary N) is 1. The van der Waals surface area contributed by atoms with Gasteiger partial charge in [0.25, 0.3) is 5.91 Å². The van der Waals surface area contributed by atoms with Crippen LogP contribution in [0.3, 0.4) is 0 Å². The number of rotatable bonds is 5. The van der Waals surface area contributed by atoms with Gasteiger partial charge in [-0.2, -0.15) is 5.26 Å². The highest BCUT2D eigenvalue weighted by molar-refractivity contribution is 6.15. The fraction of sp³-hybridized carbons (Fsp3) is 0.346. The monoisotopic (exact) mass is 427 g/mol. The first-order chi connectivity index (χ1) is 15.3. The van der Waals surface area contributed by atoms with E-state index in [-0.39, 0.29) is 11.8 Å². The summed E-state index contributed by atoms with van der Waals surface area (Å²) in [5, 5.41) is 17.7. The minimum Gasteiger partial charge on any atom is -0.402 e. The molecule has 1 amide bonds. The van der Waals surface area contributed by atoms with Crippen LogP contribution in [0.5, 0.6) is 0 Å². The molecule has 2 fully saturated rings. The van der Waals surface area contributed by atoms with Crippen LogP contribution in [0, 0.1) is 23.7 Å².